The van der Waals surface area contributed by atoms with E-state index >= 15 is 0 Å². The summed E-state index contributed by atoms with van der Waals surface area (Å²) >= 11 is 0. The summed E-state index contributed by atoms with van der Waals surface area (Å²) in [6, 6.07) is 8.74. The van der Waals surface area contributed by atoms with Gasteiger partial charge in [-0.1, -0.05) is 12.1 Å². The van der Waals surface area contributed by atoms with Crippen molar-refractivity contribution in [1.29, 1.82) is 0 Å². The third-order valence-corrected chi connectivity index (χ3v) is 5.66. The van der Waals surface area contributed by atoms with Crippen LogP contribution in [0.3, 0.4) is 0 Å². The highest BCUT2D eigenvalue weighted by Gasteiger charge is 2.39. The highest BCUT2D eigenvalue weighted by Crippen LogP contribution is 2.28. The van der Waals surface area contributed by atoms with E-state index in [1.807, 2.05) is 30.1 Å². The second-order valence-corrected chi connectivity index (χ2v) is 7.62. The molecular formula is C21H22N4O2. The number of likely N-dealkylation sites (tertiary alicyclic amines) is 1. The summed E-state index contributed by atoms with van der Waals surface area (Å²) in [5, 5.41) is 2.17. The van der Waals surface area contributed by atoms with Crippen molar-refractivity contribution in [3.63, 3.8) is 0 Å². The Kier molecular flexibility index (Phi) is 4.02. The van der Waals surface area contributed by atoms with Crippen molar-refractivity contribution in [2.45, 2.75) is 25.0 Å². The number of ketones is 1. The van der Waals surface area contributed by atoms with Gasteiger partial charge in [0.05, 0.1) is 43.9 Å². The number of fused-ring (bicyclic) bond motifs is 3. The number of aromatic nitrogens is 3. The number of carbonyl (C=O) groups excluding carboxylic acids is 1. The molecule has 27 heavy (non-hydrogen) atoms. The van der Waals surface area contributed by atoms with Crippen LogP contribution in [0.5, 0.6) is 0 Å². The zero-order valence-electron chi connectivity index (χ0n) is 15.3. The van der Waals surface area contributed by atoms with Crippen LogP contribution in [0.25, 0.3) is 22.0 Å². The van der Waals surface area contributed by atoms with Gasteiger partial charge in [-0.25, -0.2) is 4.98 Å². The van der Waals surface area contributed by atoms with Gasteiger partial charge in [0.1, 0.15) is 0 Å². The second-order valence-electron chi connectivity index (χ2n) is 7.62. The molecule has 5 rings (SSSR count). The number of Topliss-reactive ketones (excluding diaryl/α,β-unsaturated/α-hetero) is 1. The summed E-state index contributed by atoms with van der Waals surface area (Å²) in [5.74, 6) is 0.220. The van der Waals surface area contributed by atoms with E-state index < -0.39 is 0 Å². The van der Waals surface area contributed by atoms with E-state index in [-0.39, 0.29) is 5.78 Å². The Hall–Kier alpha value is -2.57. The fourth-order valence-electron chi connectivity index (χ4n) is 4.24. The first-order valence-electron chi connectivity index (χ1n) is 9.38. The standard InChI is InChI=1S/C21H22N4O2/c1-24-13-22-9-21(24)14-2-3-15-8-23-17(5-16(15)4-14)6-19(26)10-25-11-20-7-18(25)12-27-20/h2-5,8-9,13,18,20H,6-7,10-12H2,1H3/t18-,20-/m0/s1. The molecular weight excluding hydrogens is 340 g/mol. The van der Waals surface area contributed by atoms with E-state index in [0.717, 1.165) is 47.3 Å². The molecule has 2 atom stereocenters. The number of nitrogens with zero attached hydrogens (tertiary/aromatic N) is 4. The fraction of sp³-hybridized carbons (Fsp3) is 0.381. The van der Waals surface area contributed by atoms with Crippen LogP contribution >= 0.6 is 0 Å². The average molecular weight is 362 g/mol. The van der Waals surface area contributed by atoms with E-state index in [2.05, 4.69) is 33.1 Å². The number of aryl methyl sites for hydroxylation is 1. The van der Waals surface area contributed by atoms with Gasteiger partial charge >= 0.3 is 0 Å². The van der Waals surface area contributed by atoms with Crippen molar-refractivity contribution in [3.05, 3.63) is 48.7 Å². The minimum absolute atomic E-state index is 0.220. The lowest BCUT2D eigenvalue weighted by atomic mass is 10.0. The minimum Gasteiger partial charge on any atom is -0.375 e. The summed E-state index contributed by atoms with van der Waals surface area (Å²) in [6.45, 7) is 2.15. The maximum absolute atomic E-state index is 12.5. The summed E-state index contributed by atoms with van der Waals surface area (Å²) in [6.07, 6.45) is 7.29. The topological polar surface area (TPSA) is 60.2 Å². The van der Waals surface area contributed by atoms with Crippen molar-refractivity contribution < 1.29 is 9.53 Å². The molecule has 6 nitrogen and oxygen atoms in total. The maximum atomic E-state index is 12.5. The Balaban J connectivity index is 1.34. The van der Waals surface area contributed by atoms with Crippen LogP contribution in [0.2, 0.25) is 0 Å². The molecule has 2 aliphatic heterocycles. The van der Waals surface area contributed by atoms with Crippen molar-refractivity contribution in [3.8, 4) is 11.3 Å². The van der Waals surface area contributed by atoms with Gasteiger partial charge in [-0.2, -0.15) is 0 Å². The first kappa shape index (κ1) is 16.6. The zero-order valence-corrected chi connectivity index (χ0v) is 15.3. The lowest BCUT2D eigenvalue weighted by molar-refractivity contribution is -0.120. The zero-order chi connectivity index (χ0) is 18.4. The van der Waals surface area contributed by atoms with Crippen molar-refractivity contribution in [2.24, 2.45) is 7.05 Å². The third kappa shape index (κ3) is 3.15. The molecule has 0 unspecified atom stereocenters. The first-order valence-corrected chi connectivity index (χ1v) is 9.38. The normalized spacial score (nSPS) is 22.0. The molecule has 0 amide bonds. The minimum atomic E-state index is 0.220. The van der Waals surface area contributed by atoms with E-state index in [1.54, 1.807) is 6.33 Å². The quantitative estimate of drug-likeness (QED) is 0.697. The van der Waals surface area contributed by atoms with Gasteiger partial charge in [0.25, 0.3) is 0 Å². The van der Waals surface area contributed by atoms with Crippen LogP contribution in [-0.2, 0) is 23.0 Å². The van der Waals surface area contributed by atoms with Crippen LogP contribution < -0.4 is 0 Å². The fourth-order valence-corrected chi connectivity index (χ4v) is 4.24. The second kappa shape index (κ2) is 6.55. The molecule has 2 aromatic heterocycles. The highest BCUT2D eigenvalue weighted by molar-refractivity contribution is 5.88. The van der Waals surface area contributed by atoms with E-state index in [0.29, 0.717) is 25.1 Å². The van der Waals surface area contributed by atoms with E-state index in [9.17, 15) is 4.79 Å². The third-order valence-electron chi connectivity index (χ3n) is 5.66. The maximum Gasteiger partial charge on any atom is 0.152 e. The number of pyridine rings is 1. The smallest absolute Gasteiger partial charge is 0.152 e. The SMILES string of the molecule is Cn1cncc1-c1ccc2cnc(CC(=O)CN3C[C@@H]4C[C@H]3CO4)cc2c1. The summed E-state index contributed by atoms with van der Waals surface area (Å²) in [5.41, 5.74) is 3.01. The molecule has 3 aromatic rings. The van der Waals surface area contributed by atoms with Gasteiger partial charge < -0.3 is 9.30 Å². The van der Waals surface area contributed by atoms with E-state index in [4.69, 9.17) is 4.74 Å². The molecule has 6 heteroatoms. The van der Waals surface area contributed by atoms with Gasteiger partial charge in [-0.15, -0.1) is 0 Å². The predicted molar refractivity (Wildman–Crippen MR) is 102 cm³/mol. The largest absolute Gasteiger partial charge is 0.375 e. The lowest BCUT2D eigenvalue weighted by Gasteiger charge is -2.25. The number of rotatable bonds is 5. The van der Waals surface area contributed by atoms with Crippen LogP contribution in [0, 0.1) is 0 Å². The monoisotopic (exact) mass is 362 g/mol. The van der Waals surface area contributed by atoms with Crippen molar-refractivity contribution >= 4 is 16.6 Å². The van der Waals surface area contributed by atoms with Gasteiger partial charge in [0.15, 0.2) is 5.78 Å². The number of imidazole rings is 1. The molecule has 2 saturated heterocycles. The molecule has 2 fully saturated rings. The number of ether oxygens (including phenoxy) is 1. The van der Waals surface area contributed by atoms with E-state index in [1.165, 1.54) is 0 Å². The molecule has 2 bridgehead atoms. The molecule has 0 aliphatic carbocycles. The Labute approximate surface area is 157 Å². The Bertz CT molecular complexity index is 1010. The summed E-state index contributed by atoms with van der Waals surface area (Å²) in [7, 11) is 1.99. The van der Waals surface area contributed by atoms with Gasteiger partial charge in [0.2, 0.25) is 0 Å². The molecule has 0 saturated carbocycles. The van der Waals surface area contributed by atoms with Crippen molar-refractivity contribution in [2.75, 3.05) is 19.7 Å². The predicted octanol–water partition coefficient (Wildman–Crippen LogP) is 2.22. The van der Waals surface area contributed by atoms with Gasteiger partial charge in [-0.3, -0.25) is 14.7 Å². The van der Waals surface area contributed by atoms with Crippen LogP contribution in [0.1, 0.15) is 12.1 Å². The average Bonchev–Trinajstić information content (AvgIpc) is 3.38. The molecule has 2 aliphatic rings. The summed E-state index contributed by atoms with van der Waals surface area (Å²) in [4.78, 5) is 23.5. The van der Waals surface area contributed by atoms with Crippen LogP contribution in [0.15, 0.2) is 43.0 Å². The number of benzene rings is 1. The first-order chi connectivity index (χ1) is 13.2. The van der Waals surface area contributed by atoms with Gasteiger partial charge in [-0.05, 0) is 23.9 Å². The Morgan fingerprint density at radius 3 is 2.93 bits per heavy atom. The number of hydrogen-bond donors (Lipinski definition) is 0. The molecule has 0 N–H and O–H groups in total. The highest BCUT2D eigenvalue weighted by atomic mass is 16.5. The van der Waals surface area contributed by atoms with Crippen molar-refractivity contribution in [1.82, 2.24) is 19.4 Å². The van der Waals surface area contributed by atoms with Crippen LogP contribution in [0.4, 0.5) is 0 Å². The number of hydrogen-bond acceptors (Lipinski definition) is 5. The van der Waals surface area contributed by atoms with Gasteiger partial charge in [0, 0.05) is 42.5 Å². The molecule has 138 valence electrons. The summed E-state index contributed by atoms with van der Waals surface area (Å²) < 4.78 is 7.61. The number of morpholine rings is 1. The molecule has 1 aromatic carbocycles. The Morgan fingerprint density at radius 2 is 2.19 bits per heavy atom. The molecule has 0 radical (unpaired) electrons. The number of carbonyl (C=O) groups is 1. The Morgan fingerprint density at radius 1 is 1.26 bits per heavy atom. The lowest BCUT2D eigenvalue weighted by Crippen LogP contribution is -2.40. The van der Waals surface area contributed by atoms with Crippen LogP contribution in [-0.4, -0.2) is 57.1 Å². The molecule has 4 heterocycles. The molecule has 0 spiro atoms.